The van der Waals surface area contributed by atoms with Crippen LogP contribution in [0.4, 0.5) is 0 Å². The molecule has 1 aliphatic rings. The van der Waals surface area contributed by atoms with Crippen LogP contribution in [-0.2, 0) is 11.3 Å². The van der Waals surface area contributed by atoms with E-state index in [1.54, 1.807) is 0 Å². The monoisotopic (exact) mass is 245 g/mol. The first-order valence-corrected chi connectivity index (χ1v) is 6.15. The molecule has 0 saturated heterocycles. The van der Waals surface area contributed by atoms with Crippen LogP contribution in [0.5, 0.6) is 5.75 Å². The van der Waals surface area contributed by atoms with E-state index in [1.165, 1.54) is 0 Å². The first kappa shape index (κ1) is 11.1. The summed E-state index contributed by atoms with van der Waals surface area (Å²) in [5.74, 6) is 0.582. The van der Waals surface area contributed by atoms with Gasteiger partial charge in [0.25, 0.3) is 0 Å². The van der Waals surface area contributed by atoms with E-state index in [1.807, 2.05) is 36.6 Å². The smallest absolute Gasteiger partial charge is 0.354 e. The molecule has 0 amide bonds. The van der Waals surface area contributed by atoms with Crippen molar-refractivity contribution in [1.29, 1.82) is 0 Å². The molecule has 0 aliphatic carbocycles. The number of aromatic nitrogens is 1. The van der Waals surface area contributed by atoms with E-state index in [4.69, 9.17) is 9.47 Å². The number of hydrogen-bond donors (Lipinski definition) is 0. The average Bonchev–Trinajstić information content (AvgIpc) is 2.76. The van der Waals surface area contributed by atoms with Gasteiger partial charge in [0.15, 0.2) is 0 Å². The van der Waals surface area contributed by atoms with Crippen molar-refractivity contribution in [2.24, 2.45) is 0 Å². The topological polar surface area (TPSA) is 40.5 Å². The van der Waals surface area contributed by atoms with E-state index < -0.39 is 0 Å². The van der Waals surface area contributed by atoms with E-state index in [9.17, 15) is 4.79 Å². The molecule has 94 valence electrons. The lowest BCUT2D eigenvalue weighted by molar-refractivity contribution is 0.0513. The summed E-state index contributed by atoms with van der Waals surface area (Å²) in [6, 6.07) is 5.88. The van der Waals surface area contributed by atoms with Crippen molar-refractivity contribution in [2.45, 2.75) is 20.4 Å². The normalized spacial score (nSPS) is 13.4. The lowest BCUT2D eigenvalue weighted by atomic mass is 10.1. The number of hydrogen-bond acceptors (Lipinski definition) is 3. The van der Waals surface area contributed by atoms with Crippen LogP contribution < -0.4 is 4.74 Å². The summed E-state index contributed by atoms with van der Waals surface area (Å²) in [7, 11) is 0. The lowest BCUT2D eigenvalue weighted by Crippen LogP contribution is -2.19. The number of carbonyl (C=O) groups is 1. The van der Waals surface area contributed by atoms with Gasteiger partial charge in [0.1, 0.15) is 18.1 Å². The average molecular weight is 245 g/mol. The molecule has 2 heterocycles. The van der Waals surface area contributed by atoms with E-state index in [2.05, 4.69) is 0 Å². The van der Waals surface area contributed by atoms with Gasteiger partial charge in [-0.3, -0.25) is 0 Å². The fraction of sp³-hybridized carbons (Fsp3) is 0.357. The molecule has 18 heavy (non-hydrogen) atoms. The maximum absolute atomic E-state index is 12.0. The Morgan fingerprint density at radius 1 is 1.50 bits per heavy atom. The third kappa shape index (κ3) is 1.49. The predicted octanol–water partition coefficient (Wildman–Crippen LogP) is 2.52. The van der Waals surface area contributed by atoms with Gasteiger partial charge in [-0.15, -0.1) is 0 Å². The predicted molar refractivity (Wildman–Crippen MR) is 68.1 cm³/mol. The number of ether oxygens (including phenoxy) is 2. The van der Waals surface area contributed by atoms with Crippen molar-refractivity contribution in [3.63, 3.8) is 0 Å². The minimum absolute atomic E-state index is 0.263. The highest BCUT2D eigenvalue weighted by Crippen LogP contribution is 2.34. The zero-order chi connectivity index (χ0) is 12.7. The summed E-state index contributed by atoms with van der Waals surface area (Å²) in [4.78, 5) is 12.0. The number of benzene rings is 1. The molecule has 4 heteroatoms. The number of carbonyl (C=O) groups excluding carboxylic acids is 1. The van der Waals surface area contributed by atoms with E-state index in [0.29, 0.717) is 25.5 Å². The summed E-state index contributed by atoms with van der Waals surface area (Å²) in [6.07, 6.45) is 0. The van der Waals surface area contributed by atoms with Gasteiger partial charge < -0.3 is 14.0 Å². The highest BCUT2D eigenvalue weighted by atomic mass is 16.5. The third-order valence-electron chi connectivity index (χ3n) is 3.30. The molecular formula is C14H15NO3. The highest BCUT2D eigenvalue weighted by Gasteiger charge is 2.22. The summed E-state index contributed by atoms with van der Waals surface area (Å²) >= 11 is 0. The van der Waals surface area contributed by atoms with Crippen molar-refractivity contribution in [3.05, 3.63) is 29.5 Å². The molecule has 0 unspecified atom stereocenters. The molecule has 0 spiro atoms. The van der Waals surface area contributed by atoms with Gasteiger partial charge in [-0.2, -0.15) is 0 Å². The summed E-state index contributed by atoms with van der Waals surface area (Å²) in [5, 5.41) is 1.07. The second-order valence-electron chi connectivity index (χ2n) is 4.39. The molecule has 0 radical (unpaired) electrons. The Bertz CT molecular complexity index is 627. The molecule has 0 bridgehead atoms. The van der Waals surface area contributed by atoms with Gasteiger partial charge in [0, 0.05) is 5.39 Å². The molecule has 1 aliphatic heterocycles. The van der Waals surface area contributed by atoms with Crippen molar-refractivity contribution < 1.29 is 14.3 Å². The number of esters is 1. The second kappa shape index (κ2) is 4.05. The first-order chi connectivity index (χ1) is 8.72. The SMILES string of the molecule is CCOC(=O)c1cc2c(C)ccc3c2n1CCO3. The molecular weight excluding hydrogens is 230 g/mol. The van der Waals surface area contributed by atoms with Crippen LogP contribution in [0.15, 0.2) is 18.2 Å². The molecule has 4 nitrogen and oxygen atoms in total. The molecule has 1 aromatic carbocycles. The van der Waals surface area contributed by atoms with Crippen LogP contribution in [0, 0.1) is 6.92 Å². The Morgan fingerprint density at radius 2 is 2.33 bits per heavy atom. The second-order valence-corrected chi connectivity index (χ2v) is 4.39. The minimum Gasteiger partial charge on any atom is -0.490 e. The Morgan fingerprint density at radius 3 is 3.11 bits per heavy atom. The Hall–Kier alpha value is -1.97. The summed E-state index contributed by atoms with van der Waals surface area (Å²) in [5.41, 5.74) is 2.76. The quantitative estimate of drug-likeness (QED) is 0.763. The first-order valence-electron chi connectivity index (χ1n) is 6.15. The molecule has 3 rings (SSSR count). The fourth-order valence-corrected chi connectivity index (χ4v) is 2.45. The standard InChI is InChI=1S/C14H15NO3/c1-3-17-14(16)11-8-10-9(2)4-5-12-13(10)15(11)6-7-18-12/h4-5,8H,3,6-7H2,1-2H3. The van der Waals surface area contributed by atoms with Crippen LogP contribution in [0.3, 0.4) is 0 Å². The van der Waals surface area contributed by atoms with Crippen molar-refractivity contribution in [1.82, 2.24) is 4.57 Å². The van der Waals surface area contributed by atoms with Crippen LogP contribution in [0.2, 0.25) is 0 Å². The largest absolute Gasteiger partial charge is 0.490 e. The van der Waals surface area contributed by atoms with Crippen molar-refractivity contribution >= 4 is 16.9 Å². The van der Waals surface area contributed by atoms with Gasteiger partial charge in [0.05, 0.1) is 18.7 Å². The van der Waals surface area contributed by atoms with Gasteiger partial charge in [-0.25, -0.2) is 4.79 Å². The van der Waals surface area contributed by atoms with Crippen molar-refractivity contribution in [2.75, 3.05) is 13.2 Å². The molecule has 0 saturated carbocycles. The van der Waals surface area contributed by atoms with Gasteiger partial charge in [-0.05, 0) is 31.5 Å². The van der Waals surface area contributed by atoms with E-state index >= 15 is 0 Å². The minimum atomic E-state index is -0.263. The van der Waals surface area contributed by atoms with Crippen LogP contribution in [0.1, 0.15) is 23.0 Å². The summed E-state index contributed by atoms with van der Waals surface area (Å²) in [6.45, 7) is 5.52. The highest BCUT2D eigenvalue weighted by molar-refractivity contribution is 5.99. The number of aryl methyl sites for hydroxylation is 1. The lowest BCUT2D eigenvalue weighted by Gasteiger charge is -2.19. The Balaban J connectivity index is 2.26. The van der Waals surface area contributed by atoms with Crippen molar-refractivity contribution in [3.8, 4) is 5.75 Å². The van der Waals surface area contributed by atoms with Crippen LogP contribution in [-0.4, -0.2) is 23.8 Å². The zero-order valence-electron chi connectivity index (χ0n) is 10.5. The Kier molecular flexibility index (Phi) is 2.51. The fourth-order valence-electron chi connectivity index (χ4n) is 2.45. The molecule has 0 atom stereocenters. The van der Waals surface area contributed by atoms with Gasteiger partial charge >= 0.3 is 5.97 Å². The van der Waals surface area contributed by atoms with Gasteiger partial charge in [0.2, 0.25) is 0 Å². The zero-order valence-corrected chi connectivity index (χ0v) is 10.5. The Labute approximate surface area is 105 Å². The molecule has 1 aromatic heterocycles. The summed E-state index contributed by atoms with van der Waals surface area (Å²) < 4.78 is 12.7. The number of rotatable bonds is 2. The van der Waals surface area contributed by atoms with Crippen LogP contribution >= 0.6 is 0 Å². The number of nitrogens with zero attached hydrogens (tertiary/aromatic N) is 1. The molecule has 0 fully saturated rings. The van der Waals surface area contributed by atoms with Crippen LogP contribution in [0.25, 0.3) is 10.9 Å². The maximum atomic E-state index is 12.0. The van der Waals surface area contributed by atoms with Gasteiger partial charge in [-0.1, -0.05) is 6.07 Å². The van der Waals surface area contributed by atoms with E-state index in [0.717, 1.165) is 22.2 Å². The third-order valence-corrected chi connectivity index (χ3v) is 3.30. The molecule has 0 N–H and O–H groups in total. The maximum Gasteiger partial charge on any atom is 0.354 e. The molecule has 2 aromatic rings. The van der Waals surface area contributed by atoms with E-state index in [-0.39, 0.29) is 5.97 Å².